The molecule has 2 aliphatic heterocycles. The van der Waals surface area contributed by atoms with Gasteiger partial charge in [0.1, 0.15) is 6.10 Å². The molecule has 25 heavy (non-hydrogen) atoms. The Kier molecular flexibility index (Phi) is 5.71. The Labute approximate surface area is 149 Å². The number of nitrogens with zero attached hydrogens (tertiary/aromatic N) is 2. The molecule has 6 heteroatoms. The van der Waals surface area contributed by atoms with Gasteiger partial charge in [0.2, 0.25) is 5.91 Å². The molecule has 2 amide bonds. The first-order chi connectivity index (χ1) is 12.0. The average Bonchev–Trinajstić information content (AvgIpc) is 3.13. The third kappa shape index (κ3) is 4.58. The highest BCUT2D eigenvalue weighted by atomic mass is 16.5. The maximum Gasteiger partial charge on any atom is 0.251 e. The fraction of sp³-hybridized carbons (Fsp3) is 0.579. The quantitative estimate of drug-likeness (QED) is 0.900. The number of ether oxygens (including phenoxy) is 1. The summed E-state index contributed by atoms with van der Waals surface area (Å²) in [5.74, 6) is 0.0962. The molecule has 2 heterocycles. The van der Waals surface area contributed by atoms with Crippen molar-refractivity contribution in [2.45, 2.75) is 32.8 Å². The highest BCUT2D eigenvalue weighted by molar-refractivity contribution is 5.92. The van der Waals surface area contributed by atoms with Crippen LogP contribution in [-0.2, 0) is 14.3 Å². The Morgan fingerprint density at radius 3 is 2.56 bits per heavy atom. The second-order valence-corrected chi connectivity index (χ2v) is 6.95. The molecule has 2 aliphatic rings. The molecule has 2 fully saturated rings. The topological polar surface area (TPSA) is 61.9 Å². The maximum atomic E-state index is 12.3. The summed E-state index contributed by atoms with van der Waals surface area (Å²) >= 11 is 0. The normalized spacial score (nSPS) is 21.4. The van der Waals surface area contributed by atoms with Gasteiger partial charge in [-0.2, -0.15) is 0 Å². The van der Waals surface area contributed by atoms with Crippen LogP contribution in [0, 0.1) is 13.8 Å². The number of aryl methyl sites for hydroxylation is 2. The van der Waals surface area contributed by atoms with Crippen molar-refractivity contribution < 1.29 is 14.3 Å². The van der Waals surface area contributed by atoms with E-state index < -0.39 is 0 Å². The van der Waals surface area contributed by atoms with Crippen molar-refractivity contribution in [3.8, 4) is 0 Å². The van der Waals surface area contributed by atoms with Gasteiger partial charge in [0.15, 0.2) is 0 Å². The van der Waals surface area contributed by atoms with E-state index in [-0.39, 0.29) is 17.9 Å². The van der Waals surface area contributed by atoms with Gasteiger partial charge in [-0.25, -0.2) is 0 Å². The van der Waals surface area contributed by atoms with E-state index in [0.29, 0.717) is 26.2 Å². The Morgan fingerprint density at radius 1 is 1.16 bits per heavy atom. The summed E-state index contributed by atoms with van der Waals surface area (Å²) in [4.78, 5) is 28.5. The molecule has 0 aliphatic carbocycles. The lowest BCUT2D eigenvalue weighted by Crippen LogP contribution is -2.52. The molecule has 3 rings (SSSR count). The summed E-state index contributed by atoms with van der Waals surface area (Å²) < 4.78 is 5.47. The van der Waals surface area contributed by atoms with Gasteiger partial charge in [-0.1, -0.05) is 6.07 Å². The van der Waals surface area contributed by atoms with Gasteiger partial charge in [0.05, 0.1) is 6.54 Å². The molecule has 0 unspecified atom stereocenters. The van der Waals surface area contributed by atoms with Crippen LogP contribution >= 0.6 is 0 Å². The van der Waals surface area contributed by atoms with Crippen LogP contribution in [0.2, 0.25) is 0 Å². The molecule has 1 N–H and O–H groups in total. The largest absolute Gasteiger partial charge is 0.368 e. The Morgan fingerprint density at radius 2 is 1.92 bits per heavy atom. The molecule has 1 atom stereocenters. The van der Waals surface area contributed by atoms with E-state index in [1.807, 2.05) is 30.0 Å². The molecular weight excluding hydrogens is 318 g/mol. The first kappa shape index (κ1) is 17.9. The maximum absolute atomic E-state index is 12.3. The van der Waals surface area contributed by atoms with Crippen LogP contribution in [0.4, 0.5) is 5.69 Å². The number of carbonyl (C=O) groups is 2. The zero-order chi connectivity index (χ0) is 17.8. The van der Waals surface area contributed by atoms with E-state index in [0.717, 1.165) is 31.6 Å². The van der Waals surface area contributed by atoms with Crippen LogP contribution in [0.3, 0.4) is 0 Å². The Hall–Kier alpha value is -1.92. The van der Waals surface area contributed by atoms with Crippen LogP contribution in [0.25, 0.3) is 0 Å². The molecule has 6 nitrogen and oxygen atoms in total. The third-order valence-electron chi connectivity index (χ3n) is 5.05. The number of hydrogen-bond acceptors (Lipinski definition) is 4. The summed E-state index contributed by atoms with van der Waals surface area (Å²) in [6, 6.07) is 5.93. The Balaban J connectivity index is 1.44. The van der Waals surface area contributed by atoms with Gasteiger partial charge in [0, 0.05) is 38.5 Å². The van der Waals surface area contributed by atoms with Crippen LogP contribution in [-0.4, -0.2) is 67.0 Å². The highest BCUT2D eigenvalue weighted by Crippen LogP contribution is 2.16. The molecule has 1 aromatic rings. The number of hydrogen-bond donors (Lipinski definition) is 1. The number of rotatable bonds is 4. The van der Waals surface area contributed by atoms with Crippen molar-refractivity contribution >= 4 is 17.5 Å². The lowest BCUT2D eigenvalue weighted by Gasteiger charge is -2.35. The molecule has 0 aromatic heterocycles. The minimum atomic E-state index is -0.250. The van der Waals surface area contributed by atoms with Crippen LogP contribution < -0.4 is 5.32 Å². The van der Waals surface area contributed by atoms with Crippen molar-refractivity contribution in [3.05, 3.63) is 29.3 Å². The van der Waals surface area contributed by atoms with E-state index >= 15 is 0 Å². The fourth-order valence-corrected chi connectivity index (χ4v) is 3.33. The molecule has 0 radical (unpaired) electrons. The highest BCUT2D eigenvalue weighted by Gasteiger charge is 2.30. The first-order valence-corrected chi connectivity index (χ1v) is 9.03. The molecule has 0 spiro atoms. The van der Waals surface area contributed by atoms with E-state index in [1.54, 1.807) is 0 Å². The van der Waals surface area contributed by atoms with Crippen molar-refractivity contribution in [3.63, 3.8) is 0 Å². The van der Waals surface area contributed by atoms with Crippen LogP contribution in [0.5, 0.6) is 0 Å². The zero-order valence-electron chi connectivity index (χ0n) is 15.1. The van der Waals surface area contributed by atoms with Crippen molar-refractivity contribution in [1.82, 2.24) is 9.80 Å². The Bertz CT molecular complexity index is 633. The molecule has 1 aromatic carbocycles. The van der Waals surface area contributed by atoms with Gasteiger partial charge >= 0.3 is 0 Å². The average molecular weight is 345 g/mol. The number of benzene rings is 1. The fourth-order valence-electron chi connectivity index (χ4n) is 3.33. The van der Waals surface area contributed by atoms with E-state index in [2.05, 4.69) is 17.1 Å². The minimum Gasteiger partial charge on any atom is -0.368 e. The van der Waals surface area contributed by atoms with E-state index in [1.165, 1.54) is 11.1 Å². The molecule has 0 saturated carbocycles. The van der Waals surface area contributed by atoms with Crippen LogP contribution in [0.15, 0.2) is 18.2 Å². The number of amides is 2. The summed E-state index contributed by atoms with van der Waals surface area (Å²) in [7, 11) is 0. The lowest BCUT2D eigenvalue weighted by atomic mass is 10.1. The SMILES string of the molecule is Cc1ccc(NC(=O)CN2CCN(C(=O)[C@@H]3CCCO3)CC2)cc1C. The summed E-state index contributed by atoms with van der Waals surface area (Å²) in [5.41, 5.74) is 3.21. The van der Waals surface area contributed by atoms with Crippen molar-refractivity contribution in [2.24, 2.45) is 0 Å². The number of piperazine rings is 1. The van der Waals surface area contributed by atoms with Gasteiger partial charge in [0.25, 0.3) is 5.91 Å². The number of nitrogens with one attached hydrogen (secondary N) is 1. The third-order valence-corrected chi connectivity index (χ3v) is 5.05. The first-order valence-electron chi connectivity index (χ1n) is 9.03. The summed E-state index contributed by atoms with van der Waals surface area (Å²) in [6.07, 6.45) is 1.55. The van der Waals surface area contributed by atoms with Crippen molar-refractivity contribution in [1.29, 1.82) is 0 Å². The minimum absolute atomic E-state index is 0.0119. The van der Waals surface area contributed by atoms with Crippen molar-refractivity contribution in [2.75, 3.05) is 44.6 Å². The predicted molar refractivity (Wildman–Crippen MR) is 96.5 cm³/mol. The van der Waals surface area contributed by atoms with E-state index in [9.17, 15) is 9.59 Å². The van der Waals surface area contributed by atoms with Gasteiger partial charge in [-0.3, -0.25) is 14.5 Å². The second kappa shape index (κ2) is 7.97. The molecule has 136 valence electrons. The molecule has 0 bridgehead atoms. The van der Waals surface area contributed by atoms with Gasteiger partial charge < -0.3 is 15.0 Å². The summed E-state index contributed by atoms with van der Waals surface area (Å²) in [6.45, 7) is 7.90. The van der Waals surface area contributed by atoms with E-state index in [4.69, 9.17) is 4.74 Å². The standard InChI is InChI=1S/C19H27N3O3/c1-14-5-6-16(12-15(14)2)20-18(23)13-21-7-9-22(10-8-21)19(24)17-4-3-11-25-17/h5-6,12,17H,3-4,7-11,13H2,1-2H3,(H,20,23)/t17-/m0/s1. The lowest BCUT2D eigenvalue weighted by molar-refractivity contribution is -0.142. The van der Waals surface area contributed by atoms with Gasteiger partial charge in [-0.15, -0.1) is 0 Å². The summed E-state index contributed by atoms with van der Waals surface area (Å²) in [5, 5.41) is 2.95. The smallest absolute Gasteiger partial charge is 0.251 e. The number of carbonyl (C=O) groups excluding carboxylic acids is 2. The van der Waals surface area contributed by atoms with Gasteiger partial charge in [-0.05, 0) is 49.9 Å². The second-order valence-electron chi connectivity index (χ2n) is 6.95. The molecule has 2 saturated heterocycles. The monoisotopic (exact) mass is 345 g/mol. The van der Waals surface area contributed by atoms with Crippen LogP contribution in [0.1, 0.15) is 24.0 Å². The predicted octanol–water partition coefficient (Wildman–Crippen LogP) is 1.57. The zero-order valence-corrected chi connectivity index (χ0v) is 15.1. The molecular formula is C19H27N3O3. The number of anilines is 1.